The van der Waals surface area contributed by atoms with Gasteiger partial charge in [-0.25, -0.2) is 9.97 Å². The molecule has 3 aromatic rings. The first-order valence-electron chi connectivity index (χ1n) is 8.40. The van der Waals surface area contributed by atoms with Crippen LogP contribution in [-0.2, 0) is 11.3 Å². The number of aromatic nitrogens is 3. The Morgan fingerprint density at radius 1 is 1.32 bits per heavy atom. The Kier molecular flexibility index (Phi) is 5.14. The summed E-state index contributed by atoms with van der Waals surface area (Å²) in [5.74, 6) is 2.93. The third kappa shape index (κ3) is 3.72. The van der Waals surface area contributed by atoms with Gasteiger partial charge in [-0.1, -0.05) is 18.2 Å². The van der Waals surface area contributed by atoms with Crippen LogP contribution in [0.3, 0.4) is 0 Å². The van der Waals surface area contributed by atoms with Crippen molar-refractivity contribution in [1.82, 2.24) is 19.9 Å². The maximum atomic E-state index is 11.5. The van der Waals surface area contributed by atoms with E-state index in [1.807, 2.05) is 24.3 Å². The molecule has 0 unspecified atom stereocenters. The summed E-state index contributed by atoms with van der Waals surface area (Å²) in [5.41, 5.74) is 8.66. The monoisotopic (exact) mass is 335 g/mol. The summed E-state index contributed by atoms with van der Waals surface area (Å²) in [6.45, 7) is 1.46. The Morgan fingerprint density at radius 3 is 3.00 bits per heavy atom. The first kappa shape index (κ1) is 16.8. The number of carbonyl (C=O) groups excluding carboxylic acids is 1. The predicted octanol–water partition coefficient (Wildman–Crippen LogP) is 2.48. The first-order valence-corrected chi connectivity index (χ1v) is 8.40. The van der Waals surface area contributed by atoms with Gasteiger partial charge < -0.3 is 15.6 Å². The normalized spacial score (nSPS) is 10.8. The Bertz CT molecular complexity index is 938. The van der Waals surface area contributed by atoms with E-state index >= 15 is 0 Å². The second-order valence-electron chi connectivity index (χ2n) is 5.91. The molecule has 1 aromatic carbocycles. The number of nitrogens with two attached hydrogens (primary N) is 1. The number of terminal acetylenes is 1. The Labute approximate surface area is 146 Å². The lowest BCUT2D eigenvalue weighted by molar-refractivity contribution is -0.120. The molecule has 0 aliphatic heterocycles. The highest BCUT2D eigenvalue weighted by molar-refractivity contribution is 6.06. The van der Waals surface area contributed by atoms with Crippen molar-refractivity contribution in [1.29, 1.82) is 0 Å². The SMILES string of the molecule is C#CCCC(=O)NCCCCn1cnc2c(N)nc3ccccc3c21. The molecule has 1 amide bonds. The number of para-hydroxylation sites is 1. The number of anilines is 1. The second-order valence-corrected chi connectivity index (χ2v) is 5.91. The van der Waals surface area contributed by atoms with Gasteiger partial charge in [0.25, 0.3) is 0 Å². The van der Waals surface area contributed by atoms with Gasteiger partial charge in [-0.05, 0) is 18.9 Å². The molecule has 2 aromatic heterocycles. The van der Waals surface area contributed by atoms with Crippen LogP contribution in [0.5, 0.6) is 0 Å². The number of unbranched alkanes of at least 4 members (excludes halogenated alkanes) is 1. The highest BCUT2D eigenvalue weighted by Crippen LogP contribution is 2.27. The molecule has 128 valence electrons. The lowest BCUT2D eigenvalue weighted by atomic mass is 10.2. The molecular formula is C19H21N5O. The molecule has 0 bridgehead atoms. The summed E-state index contributed by atoms with van der Waals surface area (Å²) in [4.78, 5) is 20.3. The molecule has 25 heavy (non-hydrogen) atoms. The van der Waals surface area contributed by atoms with Crippen LogP contribution >= 0.6 is 0 Å². The first-order chi connectivity index (χ1) is 12.2. The number of nitrogens with zero attached hydrogens (tertiary/aromatic N) is 3. The highest BCUT2D eigenvalue weighted by atomic mass is 16.1. The number of rotatable bonds is 7. The minimum Gasteiger partial charge on any atom is -0.382 e. The number of aryl methyl sites for hydroxylation is 1. The number of hydrogen-bond acceptors (Lipinski definition) is 4. The number of hydrogen-bond donors (Lipinski definition) is 2. The second kappa shape index (κ2) is 7.67. The van der Waals surface area contributed by atoms with E-state index in [0.717, 1.165) is 41.3 Å². The number of imidazole rings is 1. The van der Waals surface area contributed by atoms with Gasteiger partial charge >= 0.3 is 0 Å². The molecule has 2 heterocycles. The summed E-state index contributed by atoms with van der Waals surface area (Å²) >= 11 is 0. The van der Waals surface area contributed by atoms with Gasteiger partial charge in [-0.2, -0.15) is 0 Å². The molecule has 6 heteroatoms. The van der Waals surface area contributed by atoms with Gasteiger partial charge in [-0.15, -0.1) is 12.3 Å². The van der Waals surface area contributed by atoms with E-state index in [1.54, 1.807) is 6.33 Å². The molecule has 0 spiro atoms. The summed E-state index contributed by atoms with van der Waals surface area (Å²) in [6, 6.07) is 7.93. The van der Waals surface area contributed by atoms with E-state index in [-0.39, 0.29) is 5.91 Å². The van der Waals surface area contributed by atoms with E-state index in [0.29, 0.717) is 25.2 Å². The van der Waals surface area contributed by atoms with Crippen LogP contribution in [0.15, 0.2) is 30.6 Å². The fourth-order valence-electron chi connectivity index (χ4n) is 2.88. The van der Waals surface area contributed by atoms with Crippen molar-refractivity contribution in [2.24, 2.45) is 0 Å². The fraction of sp³-hybridized carbons (Fsp3) is 0.316. The molecule has 0 saturated heterocycles. The standard InChI is InChI=1S/C19H21N5O/c1-2-3-10-16(25)21-11-6-7-12-24-13-22-17-18(24)14-8-4-5-9-15(14)23-19(17)20/h1,4-5,8-9,13H,3,6-7,10-12H2,(H2,20,23)(H,21,25). The summed E-state index contributed by atoms with van der Waals surface area (Å²) in [7, 11) is 0. The van der Waals surface area contributed by atoms with Crippen molar-refractivity contribution < 1.29 is 4.79 Å². The van der Waals surface area contributed by atoms with Crippen LogP contribution in [-0.4, -0.2) is 27.0 Å². The van der Waals surface area contributed by atoms with E-state index in [1.165, 1.54) is 0 Å². The lowest BCUT2D eigenvalue weighted by Gasteiger charge is -2.08. The smallest absolute Gasteiger partial charge is 0.220 e. The van der Waals surface area contributed by atoms with Crippen LogP contribution in [0, 0.1) is 12.3 Å². The quantitative estimate of drug-likeness (QED) is 0.513. The molecule has 0 atom stereocenters. The van der Waals surface area contributed by atoms with Crippen molar-refractivity contribution >= 4 is 33.7 Å². The minimum atomic E-state index is 0.0101. The molecule has 6 nitrogen and oxygen atoms in total. The molecule has 0 radical (unpaired) electrons. The maximum absolute atomic E-state index is 11.5. The Balaban J connectivity index is 1.65. The van der Waals surface area contributed by atoms with Gasteiger partial charge in [0.15, 0.2) is 5.82 Å². The number of fused-ring (bicyclic) bond motifs is 3. The van der Waals surface area contributed by atoms with Crippen molar-refractivity contribution in [3.63, 3.8) is 0 Å². The number of pyridine rings is 1. The average Bonchev–Trinajstić information content (AvgIpc) is 3.05. The summed E-state index contributed by atoms with van der Waals surface area (Å²) in [5, 5.41) is 3.93. The van der Waals surface area contributed by atoms with Crippen LogP contribution in [0.1, 0.15) is 25.7 Å². The van der Waals surface area contributed by atoms with Gasteiger partial charge in [-0.3, -0.25) is 4.79 Å². The molecule has 0 saturated carbocycles. The molecule has 3 rings (SSSR count). The Hall–Kier alpha value is -3.07. The molecule has 0 aliphatic rings. The number of nitrogen functional groups attached to an aromatic ring is 1. The molecular weight excluding hydrogens is 314 g/mol. The fourth-order valence-corrected chi connectivity index (χ4v) is 2.88. The third-order valence-electron chi connectivity index (χ3n) is 4.12. The van der Waals surface area contributed by atoms with E-state index in [9.17, 15) is 4.79 Å². The van der Waals surface area contributed by atoms with Gasteiger partial charge in [0.2, 0.25) is 5.91 Å². The largest absolute Gasteiger partial charge is 0.382 e. The summed E-state index contributed by atoms with van der Waals surface area (Å²) < 4.78 is 2.11. The third-order valence-corrected chi connectivity index (χ3v) is 4.12. The zero-order valence-electron chi connectivity index (χ0n) is 14.0. The maximum Gasteiger partial charge on any atom is 0.220 e. The van der Waals surface area contributed by atoms with Crippen LogP contribution in [0.4, 0.5) is 5.82 Å². The lowest BCUT2D eigenvalue weighted by Crippen LogP contribution is -2.24. The van der Waals surface area contributed by atoms with Crippen LogP contribution < -0.4 is 11.1 Å². The average molecular weight is 335 g/mol. The number of amides is 1. The van der Waals surface area contributed by atoms with Crippen molar-refractivity contribution in [3.05, 3.63) is 30.6 Å². The van der Waals surface area contributed by atoms with E-state index < -0.39 is 0 Å². The molecule has 0 fully saturated rings. The van der Waals surface area contributed by atoms with Gasteiger partial charge in [0.05, 0.1) is 17.4 Å². The van der Waals surface area contributed by atoms with Crippen molar-refractivity contribution in [2.75, 3.05) is 12.3 Å². The predicted molar refractivity (Wildman–Crippen MR) is 99.8 cm³/mol. The highest BCUT2D eigenvalue weighted by Gasteiger charge is 2.11. The number of carbonyl (C=O) groups is 1. The zero-order chi connectivity index (χ0) is 17.6. The Morgan fingerprint density at radius 2 is 2.16 bits per heavy atom. The van der Waals surface area contributed by atoms with Crippen LogP contribution in [0.25, 0.3) is 21.9 Å². The van der Waals surface area contributed by atoms with Gasteiger partial charge in [0.1, 0.15) is 5.52 Å². The van der Waals surface area contributed by atoms with E-state index in [4.69, 9.17) is 12.2 Å². The van der Waals surface area contributed by atoms with Crippen molar-refractivity contribution in [2.45, 2.75) is 32.2 Å². The molecule has 3 N–H and O–H groups in total. The van der Waals surface area contributed by atoms with Gasteiger partial charge in [0, 0.05) is 31.3 Å². The zero-order valence-corrected chi connectivity index (χ0v) is 14.0. The molecule has 0 aliphatic carbocycles. The minimum absolute atomic E-state index is 0.0101. The van der Waals surface area contributed by atoms with Crippen LogP contribution in [0.2, 0.25) is 0 Å². The van der Waals surface area contributed by atoms with Crippen molar-refractivity contribution in [3.8, 4) is 12.3 Å². The van der Waals surface area contributed by atoms with E-state index in [2.05, 4.69) is 25.8 Å². The summed E-state index contributed by atoms with van der Waals surface area (Å²) in [6.07, 6.45) is 9.65. The number of benzene rings is 1. The number of nitrogens with one attached hydrogen (secondary N) is 1. The topological polar surface area (TPSA) is 85.8 Å².